The van der Waals surface area contributed by atoms with Crippen LogP contribution in [-0.2, 0) is 10.0 Å². The smallest absolute Gasteiger partial charge is 0.149 e. The van der Waals surface area contributed by atoms with Gasteiger partial charge in [-0.1, -0.05) is 48.5 Å². The summed E-state index contributed by atoms with van der Waals surface area (Å²) in [6.07, 6.45) is 0. The summed E-state index contributed by atoms with van der Waals surface area (Å²) in [5.41, 5.74) is 1.67. The van der Waals surface area contributed by atoms with E-state index < -0.39 is 10.0 Å². The minimum atomic E-state index is -1.71. The van der Waals surface area contributed by atoms with Crippen molar-refractivity contribution in [1.82, 2.24) is 0 Å². The summed E-state index contributed by atoms with van der Waals surface area (Å²) in [7, 11) is 6.06. The molecule has 0 amide bonds. The zero-order valence-corrected chi connectivity index (χ0v) is 18.9. The first kappa shape index (κ1) is 18.9. The maximum Gasteiger partial charge on any atom is 0.149 e. The Morgan fingerprint density at radius 2 is 1.37 bits per heavy atom. The summed E-state index contributed by atoms with van der Waals surface area (Å²) in [6.45, 7) is 0. The molecule has 0 saturated carbocycles. The van der Waals surface area contributed by atoms with Crippen LogP contribution in [0.25, 0.3) is 32.7 Å². The van der Waals surface area contributed by atoms with Crippen molar-refractivity contribution in [3.05, 3.63) is 69.6 Å². The Balaban J connectivity index is 2.31. The van der Waals surface area contributed by atoms with Crippen molar-refractivity contribution < 1.29 is 8.95 Å². The molecule has 0 aliphatic carbocycles. The summed E-state index contributed by atoms with van der Waals surface area (Å²) in [4.78, 5) is 0.539. The number of benzene rings is 4. The quantitative estimate of drug-likeness (QED) is 0.260. The van der Waals surface area contributed by atoms with Gasteiger partial charge in [-0.3, -0.25) is 0 Å². The summed E-state index contributed by atoms with van der Waals surface area (Å²) >= 11 is 7.19. The van der Waals surface area contributed by atoms with Gasteiger partial charge in [0.2, 0.25) is 0 Å². The first-order valence-electron chi connectivity index (χ1n) is 8.07. The fourth-order valence-corrected chi connectivity index (χ4v) is 6.28. The van der Waals surface area contributed by atoms with E-state index in [4.69, 9.17) is 15.4 Å². The van der Waals surface area contributed by atoms with Crippen molar-refractivity contribution in [3.8, 4) is 16.9 Å². The van der Waals surface area contributed by atoms with Crippen LogP contribution in [-0.4, -0.2) is 11.3 Å². The lowest BCUT2D eigenvalue weighted by atomic mass is 9.93. The minimum Gasteiger partial charge on any atom is -0.495 e. The van der Waals surface area contributed by atoms with Crippen molar-refractivity contribution >= 4 is 74.1 Å². The molecular formula is C21H13Br2ClO2S. The Bertz CT molecular complexity index is 1220. The Morgan fingerprint density at radius 1 is 0.852 bits per heavy atom. The highest BCUT2D eigenvalue weighted by molar-refractivity contribution is 9.10. The van der Waals surface area contributed by atoms with Gasteiger partial charge in [-0.25, -0.2) is 4.21 Å². The summed E-state index contributed by atoms with van der Waals surface area (Å²) < 4.78 is 19.8. The van der Waals surface area contributed by atoms with Gasteiger partial charge in [0.15, 0.2) is 0 Å². The molecule has 4 rings (SSSR count). The standard InChI is InChI=1S/C21H13Br2ClO2S/c1-26-20-16(22)10-12-6-2-4-8-14(12)18(20)19-15-9-5-3-7-13(15)11-17(23)21(19)27(24)25/h2-11H,1H3. The third-order valence-electron chi connectivity index (χ3n) is 4.53. The SMILES string of the molecule is COc1c(Br)cc2ccccc2c1-c1c(S(=O)Cl)c(Br)cc2ccccc12. The monoisotopic (exact) mass is 522 g/mol. The maximum atomic E-state index is 12.5. The van der Waals surface area contributed by atoms with Crippen molar-refractivity contribution in [2.75, 3.05) is 7.11 Å². The van der Waals surface area contributed by atoms with E-state index in [0.717, 1.165) is 37.1 Å². The molecule has 0 bridgehead atoms. The van der Waals surface area contributed by atoms with Crippen molar-refractivity contribution in [1.29, 1.82) is 0 Å². The van der Waals surface area contributed by atoms with Gasteiger partial charge in [0.25, 0.3) is 0 Å². The van der Waals surface area contributed by atoms with Crippen LogP contribution in [0.15, 0.2) is 74.5 Å². The average Bonchev–Trinajstić information content (AvgIpc) is 2.65. The van der Waals surface area contributed by atoms with E-state index in [-0.39, 0.29) is 0 Å². The molecule has 0 aromatic heterocycles. The lowest BCUT2D eigenvalue weighted by Crippen LogP contribution is -1.97. The average molecular weight is 525 g/mol. The van der Waals surface area contributed by atoms with Gasteiger partial charge < -0.3 is 4.74 Å². The van der Waals surface area contributed by atoms with E-state index in [1.165, 1.54) is 0 Å². The van der Waals surface area contributed by atoms with Gasteiger partial charge in [0, 0.05) is 15.6 Å². The van der Waals surface area contributed by atoms with E-state index in [9.17, 15) is 4.21 Å². The first-order valence-corrected chi connectivity index (χ1v) is 11.6. The Kier molecular flexibility index (Phi) is 5.30. The molecule has 0 aliphatic heterocycles. The molecule has 1 atom stereocenters. The fourth-order valence-electron chi connectivity index (χ4n) is 3.44. The third kappa shape index (κ3) is 3.21. The molecule has 0 N–H and O–H groups in total. The van der Waals surface area contributed by atoms with Gasteiger partial charge in [-0.2, -0.15) is 0 Å². The maximum absolute atomic E-state index is 12.5. The van der Waals surface area contributed by atoms with E-state index in [2.05, 4.69) is 31.9 Å². The minimum absolute atomic E-state index is 0.539. The lowest BCUT2D eigenvalue weighted by Gasteiger charge is -2.19. The van der Waals surface area contributed by atoms with Gasteiger partial charge >= 0.3 is 0 Å². The van der Waals surface area contributed by atoms with Crippen LogP contribution in [0.1, 0.15) is 0 Å². The molecule has 0 spiro atoms. The van der Waals surface area contributed by atoms with Crippen LogP contribution in [0.5, 0.6) is 5.75 Å². The Morgan fingerprint density at radius 3 is 1.93 bits per heavy atom. The predicted octanol–water partition coefficient (Wildman–Crippen LogP) is 7.46. The van der Waals surface area contributed by atoms with E-state index >= 15 is 0 Å². The normalized spacial score (nSPS) is 12.4. The second-order valence-corrected chi connectivity index (χ2v) is 9.40. The summed E-state index contributed by atoms with van der Waals surface area (Å²) in [5, 5.41) is 4.04. The molecule has 6 heteroatoms. The zero-order valence-electron chi connectivity index (χ0n) is 14.1. The second kappa shape index (κ2) is 7.55. The van der Waals surface area contributed by atoms with Crippen LogP contribution in [0.2, 0.25) is 0 Å². The molecule has 2 nitrogen and oxygen atoms in total. The number of halogens is 3. The number of methoxy groups -OCH3 is 1. The number of fused-ring (bicyclic) bond motifs is 2. The predicted molar refractivity (Wildman–Crippen MR) is 121 cm³/mol. The molecule has 0 radical (unpaired) electrons. The van der Waals surface area contributed by atoms with E-state index in [0.29, 0.717) is 15.1 Å². The van der Waals surface area contributed by atoms with Gasteiger partial charge in [-0.15, -0.1) is 0 Å². The molecule has 136 valence electrons. The van der Waals surface area contributed by atoms with Crippen molar-refractivity contribution in [2.45, 2.75) is 4.90 Å². The van der Waals surface area contributed by atoms with Crippen molar-refractivity contribution in [2.24, 2.45) is 0 Å². The molecule has 0 fully saturated rings. The van der Waals surface area contributed by atoms with Crippen LogP contribution in [0, 0.1) is 0 Å². The highest BCUT2D eigenvalue weighted by Crippen LogP contribution is 2.48. The molecule has 0 saturated heterocycles. The number of hydrogen-bond acceptors (Lipinski definition) is 2. The Hall–Kier alpha value is -1.40. The molecule has 4 aromatic rings. The summed E-state index contributed by atoms with van der Waals surface area (Å²) in [5.74, 6) is 0.681. The number of hydrogen-bond donors (Lipinski definition) is 0. The number of rotatable bonds is 3. The van der Waals surface area contributed by atoms with Crippen LogP contribution >= 0.6 is 42.5 Å². The molecule has 27 heavy (non-hydrogen) atoms. The highest BCUT2D eigenvalue weighted by atomic mass is 79.9. The Labute approximate surface area is 180 Å². The van der Waals surface area contributed by atoms with Gasteiger partial charge in [0.1, 0.15) is 15.8 Å². The molecular weight excluding hydrogens is 512 g/mol. The molecule has 0 aliphatic rings. The van der Waals surface area contributed by atoms with Crippen LogP contribution < -0.4 is 4.74 Å². The molecule has 1 unspecified atom stereocenters. The van der Waals surface area contributed by atoms with Crippen LogP contribution in [0.3, 0.4) is 0 Å². The third-order valence-corrected chi connectivity index (χ3v) is 7.21. The fraction of sp³-hybridized carbons (Fsp3) is 0.0476. The lowest BCUT2D eigenvalue weighted by molar-refractivity contribution is 0.414. The molecule has 0 heterocycles. The van der Waals surface area contributed by atoms with Gasteiger partial charge in [-0.05, 0) is 76.2 Å². The van der Waals surface area contributed by atoms with E-state index in [1.807, 2.05) is 60.7 Å². The zero-order chi connectivity index (χ0) is 19.1. The van der Waals surface area contributed by atoms with Crippen molar-refractivity contribution in [3.63, 3.8) is 0 Å². The summed E-state index contributed by atoms with van der Waals surface area (Å²) in [6, 6.07) is 20.0. The first-order chi connectivity index (χ1) is 13.0. The van der Waals surface area contributed by atoms with Gasteiger partial charge in [0.05, 0.1) is 16.5 Å². The van der Waals surface area contributed by atoms with Crippen LogP contribution in [0.4, 0.5) is 0 Å². The highest BCUT2D eigenvalue weighted by Gasteiger charge is 2.24. The topological polar surface area (TPSA) is 26.3 Å². The molecule has 4 aromatic carbocycles. The largest absolute Gasteiger partial charge is 0.495 e. The van der Waals surface area contributed by atoms with E-state index in [1.54, 1.807) is 7.11 Å². The second-order valence-electron chi connectivity index (χ2n) is 5.99. The number of ether oxygens (including phenoxy) is 1.